The van der Waals surface area contributed by atoms with E-state index in [4.69, 9.17) is 15.2 Å². The van der Waals surface area contributed by atoms with Gasteiger partial charge in [-0.2, -0.15) is 5.26 Å². The van der Waals surface area contributed by atoms with E-state index in [9.17, 15) is 10.1 Å². The molecule has 2 aromatic carbocycles. The van der Waals surface area contributed by atoms with Crippen molar-refractivity contribution in [1.29, 1.82) is 5.26 Å². The van der Waals surface area contributed by atoms with Gasteiger partial charge in [0.25, 0.3) is 0 Å². The number of cyclic esters (lactones) is 1. The molecule has 0 aliphatic carbocycles. The van der Waals surface area contributed by atoms with Gasteiger partial charge in [-0.05, 0) is 36.2 Å². The van der Waals surface area contributed by atoms with E-state index in [0.717, 1.165) is 34.6 Å². The van der Waals surface area contributed by atoms with Crippen LogP contribution in [0.15, 0.2) is 42.9 Å². The Balaban J connectivity index is 1.33. The lowest BCUT2D eigenvalue weighted by atomic mass is 9.93. The minimum absolute atomic E-state index is 0.0367. The van der Waals surface area contributed by atoms with Crippen molar-refractivity contribution in [3.63, 3.8) is 0 Å². The third kappa shape index (κ3) is 4.03. The number of esters is 1. The first-order valence-electron chi connectivity index (χ1n) is 11.1. The Kier molecular flexibility index (Phi) is 5.79. The van der Waals surface area contributed by atoms with Crippen molar-refractivity contribution < 1.29 is 14.3 Å². The monoisotopic (exact) mass is 458 g/mol. The molecule has 0 unspecified atom stereocenters. The van der Waals surface area contributed by atoms with Gasteiger partial charge in [0.05, 0.1) is 42.1 Å². The molecular weight excluding hydrogens is 432 g/mol. The molecule has 34 heavy (non-hydrogen) atoms. The van der Waals surface area contributed by atoms with E-state index < -0.39 is 0 Å². The van der Waals surface area contributed by atoms with Gasteiger partial charge in [0, 0.05) is 43.5 Å². The number of nitrogens with zero attached hydrogens (tertiary/aromatic N) is 4. The molecular formula is C25H26N6O3. The summed E-state index contributed by atoms with van der Waals surface area (Å²) in [6, 6.07) is 11.5. The van der Waals surface area contributed by atoms with Crippen LogP contribution in [-0.4, -0.2) is 46.8 Å². The van der Waals surface area contributed by atoms with Crippen LogP contribution in [0.1, 0.15) is 44.3 Å². The Morgan fingerprint density at radius 2 is 2.18 bits per heavy atom. The van der Waals surface area contributed by atoms with Gasteiger partial charge >= 0.3 is 5.97 Å². The Labute approximate surface area is 197 Å². The molecule has 0 saturated carbocycles. The molecule has 1 aromatic heterocycles. The van der Waals surface area contributed by atoms with Crippen LogP contribution < -0.4 is 15.8 Å². The second kappa shape index (κ2) is 8.91. The summed E-state index contributed by atoms with van der Waals surface area (Å²) in [7, 11) is 1.55. The van der Waals surface area contributed by atoms with Crippen LogP contribution in [-0.2, 0) is 17.9 Å². The number of piperazine rings is 1. The molecule has 9 nitrogen and oxygen atoms in total. The fourth-order valence-electron chi connectivity index (χ4n) is 4.79. The van der Waals surface area contributed by atoms with Gasteiger partial charge in [-0.25, -0.2) is 9.78 Å². The molecule has 0 radical (unpaired) electrons. The molecule has 2 aliphatic heterocycles. The van der Waals surface area contributed by atoms with Crippen LogP contribution in [0.2, 0.25) is 0 Å². The summed E-state index contributed by atoms with van der Waals surface area (Å²) in [5, 5.41) is 12.7. The van der Waals surface area contributed by atoms with Crippen LogP contribution >= 0.6 is 0 Å². The van der Waals surface area contributed by atoms with E-state index in [0.29, 0.717) is 36.6 Å². The average molecular weight is 459 g/mol. The smallest absolute Gasteiger partial charge is 0.338 e. The first-order valence-corrected chi connectivity index (χ1v) is 11.1. The predicted molar refractivity (Wildman–Crippen MR) is 124 cm³/mol. The Morgan fingerprint density at radius 3 is 2.97 bits per heavy atom. The number of imidazole rings is 1. The maximum absolute atomic E-state index is 11.9. The number of carbonyl (C=O) groups excluding carboxylic acids is 1. The normalized spacial score (nSPS) is 20.0. The zero-order valence-electron chi connectivity index (χ0n) is 19.1. The Morgan fingerprint density at radius 1 is 1.32 bits per heavy atom. The first-order chi connectivity index (χ1) is 16.5. The van der Waals surface area contributed by atoms with Crippen LogP contribution in [0.3, 0.4) is 0 Å². The summed E-state index contributed by atoms with van der Waals surface area (Å²) in [6.45, 7) is 4.47. The lowest BCUT2D eigenvalue weighted by Gasteiger charge is -2.38. The number of nitriles is 1. The largest absolute Gasteiger partial charge is 0.495 e. The second-order valence-electron chi connectivity index (χ2n) is 8.67. The molecule has 2 aliphatic rings. The molecule has 0 spiro atoms. The van der Waals surface area contributed by atoms with Gasteiger partial charge < -0.3 is 19.8 Å². The molecule has 1 saturated heterocycles. The third-order valence-corrected chi connectivity index (χ3v) is 6.52. The standard InChI is InChI=1S/C25H26N6O3/c1-15-19(5-6-20-21(15)13-34-25(20)32)22-11-30(12-24(27)29-22)9-17-10-31(14-28-17)18-4-3-16(8-26)23(7-18)33-2/h3-7,10,14,22,24,29H,9,11-13,27H2,1-2H3/t22-,24+/m0/s1. The van der Waals surface area contributed by atoms with E-state index in [2.05, 4.69) is 21.3 Å². The van der Waals surface area contributed by atoms with Crippen molar-refractivity contribution in [3.05, 3.63) is 76.4 Å². The number of fused-ring (bicyclic) bond motifs is 1. The molecule has 9 heteroatoms. The molecule has 1 fully saturated rings. The highest BCUT2D eigenvalue weighted by Crippen LogP contribution is 2.31. The van der Waals surface area contributed by atoms with Crippen molar-refractivity contribution in [2.45, 2.75) is 32.3 Å². The molecule has 3 heterocycles. The number of nitrogens with one attached hydrogen (secondary N) is 1. The van der Waals surface area contributed by atoms with Crippen molar-refractivity contribution in [2.75, 3.05) is 20.2 Å². The van der Waals surface area contributed by atoms with E-state index in [1.54, 1.807) is 19.5 Å². The number of benzene rings is 2. The Hall–Kier alpha value is -3.71. The highest BCUT2D eigenvalue weighted by molar-refractivity contribution is 5.94. The summed E-state index contributed by atoms with van der Waals surface area (Å²) in [4.78, 5) is 18.8. The molecule has 3 aromatic rings. The average Bonchev–Trinajstić information content (AvgIpc) is 3.45. The molecule has 174 valence electrons. The zero-order chi connectivity index (χ0) is 23.8. The number of methoxy groups -OCH3 is 1. The number of carbonyl (C=O) groups is 1. The quantitative estimate of drug-likeness (QED) is 0.559. The van der Waals surface area contributed by atoms with E-state index in [-0.39, 0.29) is 18.2 Å². The minimum Gasteiger partial charge on any atom is -0.495 e. The van der Waals surface area contributed by atoms with Crippen molar-refractivity contribution in [3.8, 4) is 17.5 Å². The number of nitrogens with two attached hydrogens (primary N) is 1. The number of hydrogen-bond acceptors (Lipinski definition) is 8. The van der Waals surface area contributed by atoms with Crippen LogP contribution in [0.5, 0.6) is 5.75 Å². The van der Waals surface area contributed by atoms with E-state index >= 15 is 0 Å². The lowest BCUT2D eigenvalue weighted by molar-refractivity contribution is 0.0535. The van der Waals surface area contributed by atoms with Gasteiger partial charge in [0.1, 0.15) is 18.4 Å². The van der Waals surface area contributed by atoms with E-state index in [1.165, 1.54) is 0 Å². The molecule has 0 bridgehead atoms. The second-order valence-corrected chi connectivity index (χ2v) is 8.67. The predicted octanol–water partition coefficient (Wildman–Crippen LogP) is 2.16. The first kappa shape index (κ1) is 22.1. The molecule has 5 rings (SSSR count). The fraction of sp³-hybridized carbons (Fsp3) is 0.320. The SMILES string of the molecule is COc1cc(-n2cnc(CN3C[C@@H](c4ccc5c(c4C)COC5=O)N[C@@H](N)C3)c2)ccc1C#N. The highest BCUT2D eigenvalue weighted by atomic mass is 16.5. The summed E-state index contributed by atoms with van der Waals surface area (Å²) in [5.41, 5.74) is 12.5. The minimum atomic E-state index is -0.255. The fourth-order valence-corrected chi connectivity index (χ4v) is 4.79. The van der Waals surface area contributed by atoms with Crippen LogP contribution in [0.25, 0.3) is 5.69 Å². The van der Waals surface area contributed by atoms with E-state index in [1.807, 2.05) is 42.0 Å². The maximum atomic E-state index is 11.9. The number of ether oxygens (including phenoxy) is 2. The summed E-state index contributed by atoms with van der Waals surface area (Å²) < 4.78 is 12.4. The third-order valence-electron chi connectivity index (χ3n) is 6.52. The lowest BCUT2D eigenvalue weighted by Crippen LogP contribution is -2.56. The summed E-state index contributed by atoms with van der Waals surface area (Å²) in [6.07, 6.45) is 3.55. The Bertz CT molecular complexity index is 1290. The van der Waals surface area contributed by atoms with Gasteiger partial charge in [-0.3, -0.25) is 10.2 Å². The van der Waals surface area contributed by atoms with Crippen molar-refractivity contribution in [2.24, 2.45) is 5.73 Å². The van der Waals surface area contributed by atoms with Gasteiger partial charge in [0.2, 0.25) is 0 Å². The number of hydrogen-bond donors (Lipinski definition) is 2. The summed E-state index contributed by atoms with van der Waals surface area (Å²) >= 11 is 0. The van der Waals surface area contributed by atoms with Crippen molar-refractivity contribution in [1.82, 2.24) is 19.8 Å². The molecule has 2 atom stereocenters. The van der Waals surface area contributed by atoms with Crippen LogP contribution in [0, 0.1) is 18.3 Å². The maximum Gasteiger partial charge on any atom is 0.338 e. The number of rotatable bonds is 5. The van der Waals surface area contributed by atoms with Gasteiger partial charge in [-0.15, -0.1) is 0 Å². The zero-order valence-corrected chi connectivity index (χ0v) is 19.1. The number of aromatic nitrogens is 2. The van der Waals surface area contributed by atoms with Crippen LogP contribution in [0.4, 0.5) is 0 Å². The van der Waals surface area contributed by atoms with Gasteiger partial charge in [0.15, 0.2) is 0 Å². The van der Waals surface area contributed by atoms with Gasteiger partial charge in [-0.1, -0.05) is 6.07 Å². The van der Waals surface area contributed by atoms with Crippen molar-refractivity contribution >= 4 is 5.97 Å². The molecule has 3 N–H and O–H groups in total. The molecule has 0 amide bonds. The summed E-state index contributed by atoms with van der Waals surface area (Å²) in [5.74, 6) is 0.276. The topological polar surface area (TPSA) is 118 Å². The highest BCUT2D eigenvalue weighted by Gasteiger charge is 2.30.